The summed E-state index contributed by atoms with van der Waals surface area (Å²) in [6.07, 6.45) is 9.53. The number of nitrogens with one attached hydrogen (secondary N) is 2. The number of imide groups is 1. The van der Waals surface area contributed by atoms with Crippen LogP contribution in [0.15, 0.2) is 36.4 Å². The predicted octanol–water partition coefficient (Wildman–Crippen LogP) is 4.91. The molecule has 32 heavy (non-hydrogen) atoms. The summed E-state index contributed by atoms with van der Waals surface area (Å²) in [6.45, 7) is 5.55. The van der Waals surface area contributed by atoms with E-state index in [1.165, 1.54) is 32.1 Å². The first-order chi connectivity index (χ1) is 15.6. The smallest absolute Gasteiger partial charge is 0.234 e. The van der Waals surface area contributed by atoms with Crippen molar-refractivity contribution >= 4 is 28.2 Å². The van der Waals surface area contributed by atoms with E-state index in [4.69, 9.17) is 4.74 Å². The summed E-state index contributed by atoms with van der Waals surface area (Å²) in [4.78, 5) is 24.2. The Morgan fingerprint density at radius 2 is 1.94 bits per heavy atom. The van der Waals surface area contributed by atoms with E-state index >= 15 is 0 Å². The molecule has 0 spiro atoms. The van der Waals surface area contributed by atoms with Gasteiger partial charge in [0, 0.05) is 19.0 Å². The number of carbonyl (C=O) groups is 2. The molecule has 1 heterocycles. The second-order valence-electron chi connectivity index (χ2n) is 9.03. The standard InChI is InChI=1S/C27H34N2O3/c1-3-22(24-13-14-25(30)29-27(24)31)26-18(2)9-10-19-17-21(11-12-23(19)26)32-16-15-28-20-7-5-4-6-8-20/h3,9-12,17,20,24,28H,4-8,13-16H2,1-2H3,(H,29,30,31)/b22-3-. The third-order valence-corrected chi connectivity index (χ3v) is 6.82. The fraction of sp³-hybridized carbons (Fsp3) is 0.481. The van der Waals surface area contributed by atoms with E-state index < -0.39 is 0 Å². The van der Waals surface area contributed by atoms with Gasteiger partial charge in [0.1, 0.15) is 12.4 Å². The zero-order chi connectivity index (χ0) is 22.5. The molecular formula is C27H34N2O3. The van der Waals surface area contributed by atoms with Crippen molar-refractivity contribution in [1.82, 2.24) is 10.6 Å². The Balaban J connectivity index is 1.49. The third-order valence-electron chi connectivity index (χ3n) is 6.82. The maximum Gasteiger partial charge on any atom is 0.234 e. The van der Waals surface area contributed by atoms with Crippen LogP contribution in [0.2, 0.25) is 0 Å². The Bertz CT molecular complexity index is 1020. The van der Waals surface area contributed by atoms with Gasteiger partial charge < -0.3 is 10.1 Å². The lowest BCUT2D eigenvalue weighted by molar-refractivity contribution is -0.134. The van der Waals surface area contributed by atoms with Crippen molar-refractivity contribution in [3.05, 3.63) is 47.5 Å². The quantitative estimate of drug-likeness (QED) is 0.480. The molecule has 5 nitrogen and oxygen atoms in total. The van der Waals surface area contributed by atoms with Gasteiger partial charge in [-0.2, -0.15) is 0 Å². The Kier molecular flexibility index (Phi) is 7.26. The maximum atomic E-state index is 12.5. The van der Waals surface area contributed by atoms with E-state index in [1.807, 2.05) is 19.1 Å². The first kappa shape index (κ1) is 22.5. The average Bonchev–Trinajstić information content (AvgIpc) is 2.80. The second-order valence-corrected chi connectivity index (χ2v) is 9.03. The highest BCUT2D eigenvalue weighted by Crippen LogP contribution is 2.37. The van der Waals surface area contributed by atoms with E-state index in [0.717, 1.165) is 39.8 Å². The molecule has 2 aliphatic rings. The highest BCUT2D eigenvalue weighted by Gasteiger charge is 2.31. The summed E-state index contributed by atoms with van der Waals surface area (Å²) in [5, 5.41) is 8.32. The monoisotopic (exact) mass is 434 g/mol. The summed E-state index contributed by atoms with van der Waals surface area (Å²) in [6, 6.07) is 11.0. The third kappa shape index (κ3) is 5.04. The van der Waals surface area contributed by atoms with Crippen LogP contribution >= 0.6 is 0 Å². The van der Waals surface area contributed by atoms with Crippen LogP contribution < -0.4 is 15.4 Å². The number of amides is 2. The van der Waals surface area contributed by atoms with Gasteiger partial charge in [-0.05, 0) is 72.7 Å². The first-order valence-corrected chi connectivity index (χ1v) is 12.0. The molecule has 1 unspecified atom stereocenters. The number of ether oxygens (including phenoxy) is 1. The molecule has 4 rings (SSSR count). The number of piperidine rings is 1. The van der Waals surface area contributed by atoms with Crippen molar-refractivity contribution < 1.29 is 14.3 Å². The molecule has 2 aromatic rings. The van der Waals surface area contributed by atoms with Gasteiger partial charge in [0.25, 0.3) is 0 Å². The van der Waals surface area contributed by atoms with Gasteiger partial charge in [0.2, 0.25) is 11.8 Å². The van der Waals surface area contributed by atoms with E-state index in [0.29, 0.717) is 25.5 Å². The molecule has 170 valence electrons. The lowest BCUT2D eigenvalue weighted by atomic mass is 9.82. The molecule has 1 saturated heterocycles. The summed E-state index contributed by atoms with van der Waals surface area (Å²) < 4.78 is 6.03. The summed E-state index contributed by atoms with van der Waals surface area (Å²) in [5.74, 6) is 0.178. The Morgan fingerprint density at radius 3 is 2.69 bits per heavy atom. The molecule has 1 aliphatic carbocycles. The van der Waals surface area contributed by atoms with Gasteiger partial charge >= 0.3 is 0 Å². The molecule has 1 atom stereocenters. The Morgan fingerprint density at radius 1 is 1.12 bits per heavy atom. The molecule has 2 fully saturated rings. The lowest BCUT2D eigenvalue weighted by Crippen LogP contribution is -2.41. The van der Waals surface area contributed by atoms with Crippen LogP contribution in [-0.2, 0) is 9.59 Å². The van der Waals surface area contributed by atoms with Crippen LogP contribution in [0.25, 0.3) is 16.3 Å². The van der Waals surface area contributed by atoms with E-state index in [9.17, 15) is 9.59 Å². The van der Waals surface area contributed by atoms with Gasteiger partial charge in [-0.1, -0.05) is 43.5 Å². The number of fused-ring (bicyclic) bond motifs is 1. The highest BCUT2D eigenvalue weighted by molar-refractivity contribution is 6.07. The van der Waals surface area contributed by atoms with Crippen LogP contribution in [0.4, 0.5) is 0 Å². The molecule has 2 aromatic carbocycles. The summed E-state index contributed by atoms with van der Waals surface area (Å²) >= 11 is 0. The number of carbonyl (C=O) groups excluding carboxylic acids is 2. The molecule has 5 heteroatoms. The fourth-order valence-electron chi connectivity index (χ4n) is 5.14. The number of hydrogen-bond acceptors (Lipinski definition) is 4. The highest BCUT2D eigenvalue weighted by atomic mass is 16.5. The fourth-order valence-corrected chi connectivity index (χ4v) is 5.14. The lowest BCUT2D eigenvalue weighted by Gasteiger charge is -2.25. The number of hydrogen-bond donors (Lipinski definition) is 2. The van der Waals surface area contributed by atoms with Crippen LogP contribution in [0.5, 0.6) is 5.75 Å². The Labute approximate surface area is 190 Å². The number of aryl methyl sites for hydroxylation is 1. The van der Waals surface area contributed by atoms with Crippen molar-refractivity contribution in [3.63, 3.8) is 0 Å². The minimum Gasteiger partial charge on any atom is -0.492 e. The first-order valence-electron chi connectivity index (χ1n) is 12.0. The van der Waals surface area contributed by atoms with E-state index in [1.54, 1.807) is 0 Å². The van der Waals surface area contributed by atoms with Gasteiger partial charge in [-0.15, -0.1) is 0 Å². The van der Waals surface area contributed by atoms with Gasteiger partial charge in [0.05, 0.1) is 5.92 Å². The van der Waals surface area contributed by atoms with Crippen molar-refractivity contribution in [2.24, 2.45) is 5.92 Å². The van der Waals surface area contributed by atoms with Gasteiger partial charge in [-0.3, -0.25) is 14.9 Å². The molecule has 0 radical (unpaired) electrons. The van der Waals surface area contributed by atoms with Crippen molar-refractivity contribution in [2.75, 3.05) is 13.2 Å². The minimum absolute atomic E-state index is 0.184. The van der Waals surface area contributed by atoms with Crippen LogP contribution in [0.1, 0.15) is 63.0 Å². The SMILES string of the molecule is C/C=C(\c1c(C)ccc2cc(OCCNC3CCCCC3)ccc12)C1CCC(=O)NC1=O. The molecule has 2 N–H and O–H groups in total. The molecule has 0 aromatic heterocycles. The Hall–Kier alpha value is -2.66. The van der Waals surface area contributed by atoms with E-state index in [-0.39, 0.29) is 17.7 Å². The number of benzene rings is 2. The minimum atomic E-state index is -0.302. The number of rotatable bonds is 7. The molecule has 0 bridgehead atoms. The molecule has 2 amide bonds. The van der Waals surface area contributed by atoms with E-state index in [2.05, 4.69) is 41.8 Å². The van der Waals surface area contributed by atoms with Crippen LogP contribution in [0, 0.1) is 12.8 Å². The maximum absolute atomic E-state index is 12.5. The molecule has 1 saturated carbocycles. The van der Waals surface area contributed by atoms with Gasteiger partial charge in [0.15, 0.2) is 0 Å². The van der Waals surface area contributed by atoms with Crippen LogP contribution in [0.3, 0.4) is 0 Å². The summed E-state index contributed by atoms with van der Waals surface area (Å²) in [5.41, 5.74) is 3.20. The van der Waals surface area contributed by atoms with Crippen molar-refractivity contribution in [2.45, 2.75) is 64.8 Å². The molecule has 1 aliphatic heterocycles. The zero-order valence-corrected chi connectivity index (χ0v) is 19.2. The van der Waals surface area contributed by atoms with Crippen molar-refractivity contribution in [3.8, 4) is 5.75 Å². The molecular weight excluding hydrogens is 400 g/mol. The summed E-state index contributed by atoms with van der Waals surface area (Å²) in [7, 11) is 0. The largest absolute Gasteiger partial charge is 0.492 e. The number of allylic oxidation sites excluding steroid dienone is 1. The van der Waals surface area contributed by atoms with Crippen LogP contribution in [-0.4, -0.2) is 31.0 Å². The normalized spacial score (nSPS) is 20.4. The average molecular weight is 435 g/mol. The zero-order valence-electron chi connectivity index (χ0n) is 19.2. The van der Waals surface area contributed by atoms with Crippen molar-refractivity contribution in [1.29, 1.82) is 0 Å². The predicted molar refractivity (Wildman–Crippen MR) is 129 cm³/mol. The van der Waals surface area contributed by atoms with Gasteiger partial charge in [-0.25, -0.2) is 0 Å². The second kappa shape index (κ2) is 10.3. The topological polar surface area (TPSA) is 67.4 Å².